The summed E-state index contributed by atoms with van der Waals surface area (Å²) in [5, 5.41) is 0. The fraction of sp³-hybridized carbons (Fsp3) is 0.533. The van der Waals surface area contributed by atoms with Gasteiger partial charge in [-0.3, -0.25) is 4.79 Å². The minimum Gasteiger partial charge on any atom is -0.370 e. The van der Waals surface area contributed by atoms with E-state index in [-0.39, 0.29) is 18.1 Å². The monoisotopic (exact) mass is 247 g/mol. The summed E-state index contributed by atoms with van der Waals surface area (Å²) in [5.74, 6) is 0.211. The summed E-state index contributed by atoms with van der Waals surface area (Å²) >= 11 is 0. The van der Waals surface area contributed by atoms with Crippen molar-refractivity contribution in [3.05, 3.63) is 35.4 Å². The Morgan fingerprint density at radius 3 is 2.67 bits per heavy atom. The summed E-state index contributed by atoms with van der Waals surface area (Å²) in [6, 6.07) is 8.53. The molecule has 3 nitrogen and oxygen atoms in total. The predicted octanol–water partition coefficient (Wildman–Crippen LogP) is 2.69. The van der Waals surface area contributed by atoms with Crippen molar-refractivity contribution in [2.24, 2.45) is 0 Å². The number of carbonyl (C=O) groups excluding carboxylic acids is 1. The fourth-order valence-electron chi connectivity index (χ4n) is 2.29. The zero-order valence-corrected chi connectivity index (χ0v) is 11.3. The maximum Gasteiger partial charge on any atom is 0.222 e. The highest BCUT2D eigenvalue weighted by Crippen LogP contribution is 2.25. The van der Waals surface area contributed by atoms with Gasteiger partial charge in [0.05, 0.1) is 19.2 Å². The van der Waals surface area contributed by atoms with Crippen molar-refractivity contribution in [3.63, 3.8) is 0 Å². The van der Waals surface area contributed by atoms with Gasteiger partial charge in [0.15, 0.2) is 0 Å². The third-order valence-electron chi connectivity index (χ3n) is 3.51. The number of aryl methyl sites for hydroxylation is 1. The second-order valence-corrected chi connectivity index (χ2v) is 4.98. The topological polar surface area (TPSA) is 29.5 Å². The molecule has 0 aliphatic carbocycles. The van der Waals surface area contributed by atoms with Crippen molar-refractivity contribution in [2.45, 2.75) is 39.3 Å². The Balaban J connectivity index is 2.11. The standard InChI is InChI=1S/C15H21NO2/c1-4-15(17)16-9-14(18-10-12(16)3)13-7-5-11(2)6-8-13/h5-8,12,14H,4,9-10H2,1-3H3. The van der Waals surface area contributed by atoms with Gasteiger partial charge in [-0.15, -0.1) is 0 Å². The molecule has 2 atom stereocenters. The molecule has 18 heavy (non-hydrogen) atoms. The van der Waals surface area contributed by atoms with Crippen molar-refractivity contribution in [2.75, 3.05) is 13.2 Å². The van der Waals surface area contributed by atoms with E-state index in [1.165, 1.54) is 5.56 Å². The number of rotatable bonds is 2. The maximum absolute atomic E-state index is 11.9. The van der Waals surface area contributed by atoms with E-state index in [0.29, 0.717) is 19.6 Å². The fourth-order valence-corrected chi connectivity index (χ4v) is 2.29. The second-order valence-electron chi connectivity index (χ2n) is 4.98. The van der Waals surface area contributed by atoms with Crippen LogP contribution < -0.4 is 0 Å². The molecule has 3 heteroatoms. The lowest BCUT2D eigenvalue weighted by Gasteiger charge is -2.38. The van der Waals surface area contributed by atoms with Crippen LogP contribution in [0.1, 0.15) is 37.5 Å². The van der Waals surface area contributed by atoms with Crippen LogP contribution in [0.5, 0.6) is 0 Å². The van der Waals surface area contributed by atoms with E-state index in [1.54, 1.807) is 0 Å². The van der Waals surface area contributed by atoms with Crippen molar-refractivity contribution in [3.8, 4) is 0 Å². The minimum atomic E-state index is 0.0114. The van der Waals surface area contributed by atoms with Crippen molar-refractivity contribution < 1.29 is 9.53 Å². The Morgan fingerprint density at radius 1 is 1.39 bits per heavy atom. The van der Waals surface area contributed by atoms with Crippen molar-refractivity contribution in [1.29, 1.82) is 0 Å². The normalized spacial score (nSPS) is 24.1. The maximum atomic E-state index is 11.9. The molecular weight excluding hydrogens is 226 g/mol. The van der Waals surface area contributed by atoms with Crippen LogP contribution in [0.4, 0.5) is 0 Å². The molecule has 0 N–H and O–H groups in total. The van der Waals surface area contributed by atoms with Crippen LogP contribution in [0.15, 0.2) is 24.3 Å². The molecule has 0 radical (unpaired) electrons. The van der Waals surface area contributed by atoms with E-state index in [1.807, 2.05) is 18.7 Å². The van der Waals surface area contributed by atoms with Gasteiger partial charge in [-0.25, -0.2) is 0 Å². The lowest BCUT2D eigenvalue weighted by Crippen LogP contribution is -2.48. The first-order valence-corrected chi connectivity index (χ1v) is 6.59. The van der Waals surface area contributed by atoms with E-state index in [9.17, 15) is 4.79 Å². The van der Waals surface area contributed by atoms with Gasteiger partial charge in [0.2, 0.25) is 5.91 Å². The predicted molar refractivity (Wildman–Crippen MR) is 71.3 cm³/mol. The summed E-state index contributed by atoms with van der Waals surface area (Å²) in [6.45, 7) is 7.30. The van der Waals surface area contributed by atoms with Crippen molar-refractivity contribution in [1.82, 2.24) is 4.90 Å². The van der Waals surface area contributed by atoms with Gasteiger partial charge in [-0.2, -0.15) is 0 Å². The number of nitrogens with zero attached hydrogens (tertiary/aromatic N) is 1. The van der Waals surface area contributed by atoms with E-state index in [4.69, 9.17) is 4.74 Å². The molecule has 0 spiro atoms. The average Bonchev–Trinajstić information content (AvgIpc) is 2.39. The van der Waals surface area contributed by atoms with Crippen LogP contribution in [0.25, 0.3) is 0 Å². The second kappa shape index (κ2) is 5.53. The minimum absolute atomic E-state index is 0.0114. The van der Waals surface area contributed by atoms with Crippen LogP contribution in [0, 0.1) is 6.92 Å². The molecule has 0 saturated carbocycles. The Morgan fingerprint density at radius 2 is 2.06 bits per heavy atom. The molecular formula is C15H21NO2. The lowest BCUT2D eigenvalue weighted by atomic mass is 10.0. The number of hydrogen-bond acceptors (Lipinski definition) is 2. The molecule has 98 valence electrons. The summed E-state index contributed by atoms with van der Waals surface area (Å²) in [5.41, 5.74) is 2.39. The number of ether oxygens (including phenoxy) is 1. The molecule has 1 heterocycles. The molecule has 1 aliphatic heterocycles. The Bertz CT molecular complexity index is 413. The first-order chi connectivity index (χ1) is 8.61. The molecule has 1 aromatic rings. The van der Waals surface area contributed by atoms with Crippen LogP contribution in [-0.4, -0.2) is 30.0 Å². The summed E-state index contributed by atoms with van der Waals surface area (Å²) in [7, 11) is 0. The van der Waals surface area contributed by atoms with Crippen LogP contribution >= 0.6 is 0 Å². The van der Waals surface area contributed by atoms with Gasteiger partial charge < -0.3 is 9.64 Å². The lowest BCUT2D eigenvalue weighted by molar-refractivity contribution is -0.144. The SMILES string of the molecule is CCC(=O)N1CC(c2ccc(C)cc2)OCC1C. The van der Waals surface area contributed by atoms with E-state index >= 15 is 0 Å². The Labute approximate surface area is 109 Å². The van der Waals surface area contributed by atoms with Gasteiger partial charge in [-0.1, -0.05) is 36.8 Å². The molecule has 2 unspecified atom stereocenters. The van der Waals surface area contributed by atoms with Crippen LogP contribution in [0.2, 0.25) is 0 Å². The number of carbonyl (C=O) groups is 1. The number of morpholine rings is 1. The van der Waals surface area contributed by atoms with Gasteiger partial charge >= 0.3 is 0 Å². The molecule has 1 aliphatic rings. The number of amides is 1. The Kier molecular flexibility index (Phi) is 4.02. The zero-order chi connectivity index (χ0) is 13.1. The third kappa shape index (κ3) is 2.72. The van der Waals surface area contributed by atoms with Gasteiger partial charge in [0, 0.05) is 6.42 Å². The summed E-state index contributed by atoms with van der Waals surface area (Å²) in [4.78, 5) is 13.8. The highest BCUT2D eigenvalue weighted by atomic mass is 16.5. The van der Waals surface area contributed by atoms with Gasteiger partial charge in [0.1, 0.15) is 6.10 Å². The number of benzene rings is 1. The van der Waals surface area contributed by atoms with Crippen molar-refractivity contribution >= 4 is 5.91 Å². The van der Waals surface area contributed by atoms with Crippen LogP contribution in [0.3, 0.4) is 0 Å². The average molecular weight is 247 g/mol. The summed E-state index contributed by atoms with van der Waals surface area (Å²) in [6.07, 6.45) is 0.572. The van der Waals surface area contributed by atoms with Gasteiger partial charge in [0.25, 0.3) is 0 Å². The smallest absolute Gasteiger partial charge is 0.222 e. The van der Waals surface area contributed by atoms with Gasteiger partial charge in [-0.05, 0) is 19.4 Å². The molecule has 2 rings (SSSR count). The molecule has 0 aromatic heterocycles. The molecule has 0 bridgehead atoms. The first-order valence-electron chi connectivity index (χ1n) is 6.59. The molecule has 1 aromatic carbocycles. The number of hydrogen-bond donors (Lipinski definition) is 0. The summed E-state index contributed by atoms with van der Waals surface area (Å²) < 4.78 is 5.85. The van der Waals surface area contributed by atoms with Crippen LogP contribution in [-0.2, 0) is 9.53 Å². The van der Waals surface area contributed by atoms with E-state index < -0.39 is 0 Å². The Hall–Kier alpha value is -1.35. The quantitative estimate of drug-likeness (QED) is 0.804. The molecule has 1 saturated heterocycles. The third-order valence-corrected chi connectivity index (χ3v) is 3.51. The first kappa shape index (κ1) is 13.1. The van der Waals surface area contributed by atoms with E-state index in [0.717, 1.165) is 5.56 Å². The van der Waals surface area contributed by atoms with E-state index in [2.05, 4.69) is 31.2 Å². The molecule has 1 amide bonds. The zero-order valence-electron chi connectivity index (χ0n) is 11.3. The highest BCUT2D eigenvalue weighted by molar-refractivity contribution is 5.76. The highest BCUT2D eigenvalue weighted by Gasteiger charge is 2.29. The largest absolute Gasteiger partial charge is 0.370 e. The molecule has 1 fully saturated rings.